The predicted octanol–water partition coefficient (Wildman–Crippen LogP) is 4.68. The van der Waals surface area contributed by atoms with Crippen LogP contribution in [0.5, 0.6) is 0 Å². The molecule has 0 bridgehead atoms. The molecule has 0 N–H and O–H groups in total. The van der Waals surface area contributed by atoms with E-state index in [1.165, 1.54) is 11.9 Å². The Kier molecular flexibility index (Phi) is 5.03. The first-order valence-electron chi connectivity index (χ1n) is 7.94. The summed E-state index contributed by atoms with van der Waals surface area (Å²) in [4.78, 5) is 5.08. The van der Waals surface area contributed by atoms with Crippen molar-refractivity contribution < 1.29 is 8.78 Å². The summed E-state index contributed by atoms with van der Waals surface area (Å²) in [6, 6.07) is 17.1. The molecule has 2 aromatic carbocycles. The van der Waals surface area contributed by atoms with E-state index in [4.69, 9.17) is 5.10 Å². The van der Waals surface area contributed by atoms with E-state index in [1.807, 2.05) is 18.2 Å². The van der Waals surface area contributed by atoms with Gasteiger partial charge in [0, 0.05) is 11.3 Å². The molecule has 132 valence electrons. The summed E-state index contributed by atoms with van der Waals surface area (Å²) in [5.74, 6) is -1.58. The molecule has 0 radical (unpaired) electrons. The topological polar surface area (TPSA) is 40.3 Å². The summed E-state index contributed by atoms with van der Waals surface area (Å²) in [5.41, 5.74) is 2.83. The Morgan fingerprint density at radius 2 is 1.85 bits per heavy atom. The largest absolute Gasteiger partial charge is 0.288 e. The van der Waals surface area contributed by atoms with Crippen LogP contribution in [0, 0.1) is 0 Å². The number of hydrogen-bond donors (Lipinski definition) is 0. The van der Waals surface area contributed by atoms with Crippen molar-refractivity contribution in [3.63, 3.8) is 0 Å². The summed E-state index contributed by atoms with van der Waals surface area (Å²) >= 11 is 1.87. The second-order valence-corrected chi connectivity index (χ2v) is 7.42. The fourth-order valence-electron chi connectivity index (χ4n) is 2.64. The van der Waals surface area contributed by atoms with Crippen LogP contribution in [0.2, 0.25) is 0 Å². The van der Waals surface area contributed by atoms with Crippen molar-refractivity contribution in [2.75, 3.05) is 6.54 Å². The van der Waals surface area contributed by atoms with Crippen molar-refractivity contribution in [3.8, 4) is 0 Å². The molecule has 0 atom stereocenters. The maximum Gasteiger partial charge on any atom is 0.288 e. The molecule has 2 heterocycles. The zero-order valence-electron chi connectivity index (χ0n) is 13.5. The molecule has 0 saturated carbocycles. The third-order valence-corrected chi connectivity index (χ3v) is 5.35. The minimum atomic E-state index is -2.42. The number of nitrogens with zero attached hydrogens (tertiary/aromatic N) is 4. The molecule has 2 aliphatic heterocycles. The number of amidine groups is 2. The van der Waals surface area contributed by atoms with Gasteiger partial charge in [0.2, 0.25) is 5.17 Å². The molecule has 2 aliphatic rings. The number of aliphatic imine (C=N–C) groups is 1. The Bertz CT molecular complexity index is 880. The molecule has 26 heavy (non-hydrogen) atoms. The van der Waals surface area contributed by atoms with Crippen molar-refractivity contribution in [2.24, 2.45) is 14.5 Å². The van der Waals surface area contributed by atoms with E-state index in [0.29, 0.717) is 29.6 Å². The zero-order chi connectivity index (χ0) is 17.9. The lowest BCUT2D eigenvalue weighted by Gasteiger charge is -2.20. The lowest BCUT2D eigenvalue weighted by molar-refractivity contribution is 0.252. The van der Waals surface area contributed by atoms with Crippen molar-refractivity contribution in [3.05, 3.63) is 65.7 Å². The van der Waals surface area contributed by atoms with Gasteiger partial charge in [0.25, 0.3) is 5.76 Å². The molecular weight excluding hydrogens is 374 g/mol. The minimum absolute atomic E-state index is 0.453. The standard InChI is InChI=1S/C18H14F2N4S2/c19-17(20)25-14-8-6-13(7-9-14)15-11-21-18-24(22-15)16(23-26-18)10-12-4-2-1-3-5-12/h1-9,17H,10-11H2. The number of fused-ring (bicyclic) bond motifs is 1. The number of hydrogen-bond acceptors (Lipinski definition) is 6. The molecule has 4 nitrogen and oxygen atoms in total. The number of hydrazone groups is 1. The van der Waals surface area contributed by atoms with Crippen molar-refractivity contribution in [2.45, 2.75) is 17.1 Å². The van der Waals surface area contributed by atoms with Gasteiger partial charge in [0.1, 0.15) is 5.84 Å². The van der Waals surface area contributed by atoms with Crippen LogP contribution < -0.4 is 0 Å². The quantitative estimate of drug-likeness (QED) is 0.552. The summed E-state index contributed by atoms with van der Waals surface area (Å²) in [6.07, 6.45) is 0.674. The van der Waals surface area contributed by atoms with Crippen molar-refractivity contribution in [1.82, 2.24) is 5.01 Å². The highest BCUT2D eigenvalue weighted by atomic mass is 32.2. The zero-order valence-corrected chi connectivity index (χ0v) is 15.2. The van der Waals surface area contributed by atoms with Crippen LogP contribution in [-0.4, -0.2) is 34.0 Å². The number of benzene rings is 2. The molecule has 0 aliphatic carbocycles. The summed E-state index contributed by atoms with van der Waals surface area (Å²) < 4.78 is 29.4. The molecule has 0 amide bonds. The summed E-state index contributed by atoms with van der Waals surface area (Å²) in [7, 11) is 0. The predicted molar refractivity (Wildman–Crippen MR) is 104 cm³/mol. The Labute approximate surface area is 158 Å². The van der Waals surface area contributed by atoms with Gasteiger partial charge in [-0.05, 0) is 23.3 Å². The first-order chi connectivity index (χ1) is 12.7. The average molecular weight is 388 g/mol. The molecule has 4 rings (SSSR count). The second-order valence-electron chi connectivity index (χ2n) is 5.62. The van der Waals surface area contributed by atoms with E-state index in [0.717, 1.165) is 27.8 Å². The Balaban J connectivity index is 1.52. The van der Waals surface area contributed by atoms with Gasteiger partial charge in [-0.15, -0.1) is 0 Å². The van der Waals surface area contributed by atoms with Crippen LogP contribution in [0.1, 0.15) is 11.1 Å². The lowest BCUT2D eigenvalue weighted by atomic mass is 10.1. The Morgan fingerprint density at radius 3 is 2.58 bits per heavy atom. The maximum atomic E-state index is 12.4. The van der Waals surface area contributed by atoms with Crippen LogP contribution in [0.25, 0.3) is 0 Å². The number of halogens is 2. The van der Waals surface area contributed by atoms with E-state index in [1.54, 1.807) is 29.3 Å². The van der Waals surface area contributed by atoms with Gasteiger partial charge in [-0.1, -0.05) is 54.2 Å². The number of rotatable bonds is 5. The lowest BCUT2D eigenvalue weighted by Crippen LogP contribution is -2.33. The van der Waals surface area contributed by atoms with Crippen LogP contribution in [0.15, 0.2) is 74.0 Å². The van der Waals surface area contributed by atoms with Crippen LogP contribution in [0.4, 0.5) is 8.78 Å². The van der Waals surface area contributed by atoms with Crippen molar-refractivity contribution in [1.29, 1.82) is 0 Å². The third kappa shape index (κ3) is 3.81. The van der Waals surface area contributed by atoms with E-state index >= 15 is 0 Å². The van der Waals surface area contributed by atoms with Crippen LogP contribution in [-0.2, 0) is 6.42 Å². The smallest absolute Gasteiger partial charge is 0.253 e. The molecular formula is C18H14F2N4S2. The normalized spacial score (nSPS) is 16.3. The van der Waals surface area contributed by atoms with Gasteiger partial charge < -0.3 is 0 Å². The van der Waals surface area contributed by atoms with Gasteiger partial charge >= 0.3 is 0 Å². The first-order valence-corrected chi connectivity index (χ1v) is 9.59. The van der Waals surface area contributed by atoms with Gasteiger partial charge in [0.05, 0.1) is 24.2 Å². The van der Waals surface area contributed by atoms with Gasteiger partial charge in [-0.25, -0.2) is 0 Å². The fourth-order valence-corrected chi connectivity index (χ4v) is 3.81. The molecule has 0 aromatic heterocycles. The molecule has 0 unspecified atom stereocenters. The number of thioether (sulfide) groups is 1. The minimum Gasteiger partial charge on any atom is -0.253 e. The van der Waals surface area contributed by atoms with E-state index in [-0.39, 0.29) is 0 Å². The van der Waals surface area contributed by atoms with E-state index in [9.17, 15) is 8.78 Å². The molecule has 0 fully saturated rings. The van der Waals surface area contributed by atoms with Gasteiger partial charge in [-0.2, -0.15) is 23.3 Å². The van der Waals surface area contributed by atoms with Crippen LogP contribution in [0.3, 0.4) is 0 Å². The summed E-state index contributed by atoms with van der Waals surface area (Å²) in [5, 5.41) is 7.24. The second kappa shape index (κ2) is 7.59. The highest BCUT2D eigenvalue weighted by Gasteiger charge is 2.28. The van der Waals surface area contributed by atoms with Crippen molar-refractivity contribution >= 4 is 40.4 Å². The summed E-state index contributed by atoms with van der Waals surface area (Å²) in [6.45, 7) is 0.453. The van der Waals surface area contributed by atoms with Gasteiger partial charge in [-0.3, -0.25) is 4.99 Å². The molecule has 2 aromatic rings. The highest BCUT2D eigenvalue weighted by Crippen LogP contribution is 2.28. The molecule has 0 saturated heterocycles. The fraction of sp³-hybridized carbons (Fsp3) is 0.167. The number of alkyl halides is 2. The average Bonchev–Trinajstić information content (AvgIpc) is 3.05. The molecule has 8 heteroatoms. The van der Waals surface area contributed by atoms with Gasteiger partial charge in [0.15, 0.2) is 0 Å². The first kappa shape index (κ1) is 17.2. The monoisotopic (exact) mass is 388 g/mol. The highest BCUT2D eigenvalue weighted by molar-refractivity contribution is 8.13. The Hall–Kier alpha value is -2.19. The van der Waals surface area contributed by atoms with Crippen LogP contribution >= 0.6 is 23.7 Å². The Morgan fingerprint density at radius 1 is 1.08 bits per heavy atom. The van der Waals surface area contributed by atoms with E-state index in [2.05, 4.69) is 21.5 Å². The SMILES string of the molecule is FC(F)Sc1ccc(C2=NN3C(Cc4ccccc4)=NSC3=NC2)cc1. The third-order valence-electron chi connectivity index (χ3n) is 3.86. The maximum absolute atomic E-state index is 12.4. The molecule has 0 spiro atoms. The van der Waals surface area contributed by atoms with E-state index < -0.39 is 5.76 Å².